The standard InChI is InChI=1S/C28H29Cl2FN2O2/c1-19(2)17-32-28(35)26(15-20-6-4-3-5-7-20)33(18-21-8-11-23(31)12-9-21)27(34)16-22-10-13-24(29)25(30)14-22/h3-14,19,26H,15-18H2,1-2H3,(H,32,35)/t26-/m1/s1. The van der Waals surface area contributed by atoms with Gasteiger partial charge < -0.3 is 10.2 Å². The number of carbonyl (C=O) groups excluding carboxylic acids is 2. The number of amides is 2. The Kier molecular flexibility index (Phi) is 9.70. The van der Waals surface area contributed by atoms with Crippen LogP contribution in [0.25, 0.3) is 0 Å². The first-order valence-corrected chi connectivity index (χ1v) is 12.3. The predicted molar refractivity (Wildman–Crippen MR) is 139 cm³/mol. The van der Waals surface area contributed by atoms with Gasteiger partial charge in [-0.15, -0.1) is 0 Å². The van der Waals surface area contributed by atoms with Crippen molar-refractivity contribution >= 4 is 35.0 Å². The van der Waals surface area contributed by atoms with Crippen molar-refractivity contribution in [3.63, 3.8) is 0 Å². The summed E-state index contributed by atoms with van der Waals surface area (Å²) in [7, 11) is 0. The minimum absolute atomic E-state index is 0.0425. The first-order valence-electron chi connectivity index (χ1n) is 11.5. The number of benzene rings is 3. The molecule has 4 nitrogen and oxygen atoms in total. The van der Waals surface area contributed by atoms with Gasteiger partial charge in [0.1, 0.15) is 11.9 Å². The maximum Gasteiger partial charge on any atom is 0.243 e. The molecule has 35 heavy (non-hydrogen) atoms. The summed E-state index contributed by atoms with van der Waals surface area (Å²) >= 11 is 12.2. The van der Waals surface area contributed by atoms with Gasteiger partial charge in [0.2, 0.25) is 11.8 Å². The highest BCUT2D eigenvalue weighted by atomic mass is 35.5. The Morgan fingerprint density at radius 2 is 1.54 bits per heavy atom. The fourth-order valence-electron chi connectivity index (χ4n) is 3.69. The molecule has 0 saturated heterocycles. The highest BCUT2D eigenvalue weighted by Gasteiger charge is 2.30. The summed E-state index contributed by atoms with van der Waals surface area (Å²) in [5.74, 6) is -0.577. The van der Waals surface area contributed by atoms with E-state index in [0.29, 0.717) is 28.6 Å². The predicted octanol–water partition coefficient (Wildman–Crippen LogP) is 6.09. The molecule has 184 valence electrons. The SMILES string of the molecule is CC(C)CNC(=O)[C@@H](Cc1ccccc1)N(Cc1ccc(F)cc1)C(=O)Cc1ccc(Cl)c(Cl)c1. The number of halogens is 3. The lowest BCUT2D eigenvalue weighted by Gasteiger charge is -2.32. The van der Waals surface area contributed by atoms with E-state index in [0.717, 1.165) is 11.1 Å². The summed E-state index contributed by atoms with van der Waals surface area (Å²) in [6, 6.07) is 19.8. The van der Waals surface area contributed by atoms with Crippen molar-refractivity contribution in [1.82, 2.24) is 10.2 Å². The molecule has 0 saturated carbocycles. The minimum Gasteiger partial charge on any atom is -0.354 e. The van der Waals surface area contributed by atoms with Crippen LogP contribution in [0, 0.1) is 11.7 Å². The molecule has 0 aliphatic heterocycles. The number of nitrogens with zero attached hydrogens (tertiary/aromatic N) is 1. The summed E-state index contributed by atoms with van der Waals surface area (Å²) in [5, 5.41) is 3.74. The minimum atomic E-state index is -0.753. The molecule has 7 heteroatoms. The Hall–Kier alpha value is -2.89. The van der Waals surface area contributed by atoms with E-state index in [1.807, 2.05) is 44.2 Å². The monoisotopic (exact) mass is 514 g/mol. The van der Waals surface area contributed by atoms with Crippen molar-refractivity contribution in [3.05, 3.63) is 105 Å². The second-order valence-corrected chi connectivity index (χ2v) is 9.73. The average molecular weight is 515 g/mol. The van der Waals surface area contributed by atoms with Crippen molar-refractivity contribution in [2.45, 2.75) is 39.3 Å². The lowest BCUT2D eigenvalue weighted by atomic mass is 10.0. The van der Waals surface area contributed by atoms with Crippen LogP contribution >= 0.6 is 23.2 Å². The topological polar surface area (TPSA) is 49.4 Å². The fourth-order valence-corrected chi connectivity index (χ4v) is 4.01. The number of nitrogens with one attached hydrogen (secondary N) is 1. The molecule has 2 amide bonds. The molecule has 0 spiro atoms. The fraction of sp³-hybridized carbons (Fsp3) is 0.286. The van der Waals surface area contributed by atoms with Gasteiger partial charge >= 0.3 is 0 Å². The van der Waals surface area contributed by atoms with E-state index < -0.39 is 6.04 Å². The van der Waals surface area contributed by atoms with Gasteiger partial charge in [-0.2, -0.15) is 0 Å². The van der Waals surface area contributed by atoms with Crippen LogP contribution in [0.1, 0.15) is 30.5 Å². The van der Waals surface area contributed by atoms with Crippen LogP contribution in [-0.2, 0) is 29.0 Å². The van der Waals surface area contributed by atoms with Crippen LogP contribution in [0.15, 0.2) is 72.8 Å². The molecule has 0 fully saturated rings. The number of hydrogen-bond acceptors (Lipinski definition) is 2. The lowest BCUT2D eigenvalue weighted by Crippen LogP contribution is -2.51. The van der Waals surface area contributed by atoms with E-state index >= 15 is 0 Å². The van der Waals surface area contributed by atoms with E-state index in [9.17, 15) is 14.0 Å². The highest BCUT2D eigenvalue weighted by molar-refractivity contribution is 6.42. The molecular formula is C28H29Cl2FN2O2. The highest BCUT2D eigenvalue weighted by Crippen LogP contribution is 2.24. The molecule has 3 aromatic carbocycles. The maximum absolute atomic E-state index is 13.7. The van der Waals surface area contributed by atoms with Crippen LogP contribution in [0.2, 0.25) is 10.0 Å². The van der Waals surface area contributed by atoms with Gasteiger partial charge in [-0.25, -0.2) is 4.39 Å². The molecule has 3 aromatic rings. The molecule has 1 N–H and O–H groups in total. The van der Waals surface area contributed by atoms with Gasteiger partial charge in [0.05, 0.1) is 16.5 Å². The molecule has 0 aliphatic rings. The molecule has 1 atom stereocenters. The maximum atomic E-state index is 13.7. The van der Waals surface area contributed by atoms with Gasteiger partial charge in [0.15, 0.2) is 0 Å². The first kappa shape index (κ1) is 26.7. The molecule has 0 aliphatic carbocycles. The van der Waals surface area contributed by atoms with Crippen LogP contribution in [-0.4, -0.2) is 29.3 Å². The summed E-state index contributed by atoms with van der Waals surface area (Å²) < 4.78 is 13.5. The van der Waals surface area contributed by atoms with Crippen molar-refractivity contribution in [2.75, 3.05) is 6.54 Å². The Morgan fingerprint density at radius 1 is 0.886 bits per heavy atom. The van der Waals surface area contributed by atoms with Crippen molar-refractivity contribution in [1.29, 1.82) is 0 Å². The number of carbonyl (C=O) groups is 2. The van der Waals surface area contributed by atoms with Crippen LogP contribution < -0.4 is 5.32 Å². The van der Waals surface area contributed by atoms with Gasteiger partial charge in [-0.1, -0.05) is 85.6 Å². The largest absolute Gasteiger partial charge is 0.354 e. The van der Waals surface area contributed by atoms with Gasteiger partial charge in [0.25, 0.3) is 0 Å². The van der Waals surface area contributed by atoms with E-state index in [1.54, 1.807) is 35.2 Å². The van der Waals surface area contributed by atoms with E-state index in [-0.39, 0.29) is 36.5 Å². The zero-order valence-electron chi connectivity index (χ0n) is 19.8. The van der Waals surface area contributed by atoms with Crippen LogP contribution in [0.5, 0.6) is 0 Å². The number of hydrogen-bond donors (Lipinski definition) is 1. The summed E-state index contributed by atoms with van der Waals surface area (Å²) in [5.41, 5.74) is 2.35. The Bertz CT molecular complexity index is 1140. The summed E-state index contributed by atoms with van der Waals surface area (Å²) in [4.78, 5) is 28.6. The summed E-state index contributed by atoms with van der Waals surface area (Å²) in [6.45, 7) is 4.68. The average Bonchev–Trinajstić information content (AvgIpc) is 2.84. The van der Waals surface area contributed by atoms with Crippen molar-refractivity contribution in [3.8, 4) is 0 Å². The Balaban J connectivity index is 1.95. The van der Waals surface area contributed by atoms with E-state index in [4.69, 9.17) is 23.2 Å². The molecule has 0 unspecified atom stereocenters. The molecule has 0 bridgehead atoms. The van der Waals surface area contributed by atoms with Gasteiger partial charge in [0, 0.05) is 19.5 Å². The number of rotatable bonds is 10. The second kappa shape index (κ2) is 12.7. The van der Waals surface area contributed by atoms with E-state index in [2.05, 4.69) is 5.32 Å². The van der Waals surface area contributed by atoms with Gasteiger partial charge in [-0.3, -0.25) is 9.59 Å². The normalized spacial score (nSPS) is 11.8. The quantitative estimate of drug-likeness (QED) is 0.356. The van der Waals surface area contributed by atoms with Crippen molar-refractivity contribution in [2.24, 2.45) is 5.92 Å². The molecule has 0 heterocycles. The van der Waals surface area contributed by atoms with Crippen molar-refractivity contribution < 1.29 is 14.0 Å². The first-order chi connectivity index (χ1) is 16.7. The third-order valence-corrected chi connectivity index (χ3v) is 6.30. The Morgan fingerprint density at radius 3 is 2.17 bits per heavy atom. The molecule has 0 aromatic heterocycles. The van der Waals surface area contributed by atoms with Gasteiger partial charge in [-0.05, 0) is 46.9 Å². The third-order valence-electron chi connectivity index (χ3n) is 5.56. The molecule has 3 rings (SSSR count). The summed E-state index contributed by atoms with van der Waals surface area (Å²) in [6.07, 6.45) is 0.389. The van der Waals surface area contributed by atoms with Crippen LogP contribution in [0.4, 0.5) is 4.39 Å². The smallest absolute Gasteiger partial charge is 0.243 e. The third kappa shape index (κ3) is 8.08. The van der Waals surface area contributed by atoms with E-state index in [1.165, 1.54) is 12.1 Å². The lowest BCUT2D eigenvalue weighted by molar-refractivity contribution is -0.140. The molecule has 0 radical (unpaired) electrons. The second-order valence-electron chi connectivity index (χ2n) is 8.92. The zero-order valence-corrected chi connectivity index (χ0v) is 21.3. The Labute approximate surface area is 216 Å². The molecular weight excluding hydrogens is 486 g/mol. The van der Waals surface area contributed by atoms with Crippen LogP contribution in [0.3, 0.4) is 0 Å². The zero-order chi connectivity index (χ0) is 25.4.